The van der Waals surface area contributed by atoms with Gasteiger partial charge in [-0.25, -0.2) is 4.99 Å². The highest BCUT2D eigenvalue weighted by Crippen LogP contribution is 2.45. The maximum atomic E-state index is 9.31. The lowest BCUT2D eigenvalue weighted by atomic mass is 9.76. The fourth-order valence-corrected chi connectivity index (χ4v) is 2.75. The summed E-state index contributed by atoms with van der Waals surface area (Å²) in [4.78, 5) is 6.68. The van der Waals surface area contributed by atoms with Crippen LogP contribution in [0.4, 0.5) is 0 Å². The average molecular weight is 245 g/mol. The van der Waals surface area contributed by atoms with E-state index >= 15 is 0 Å². The Morgan fingerprint density at radius 1 is 1.44 bits per heavy atom. The summed E-state index contributed by atoms with van der Waals surface area (Å²) in [7, 11) is 0. The number of rotatable bonds is 0. The molecule has 3 aliphatic rings. The Hall–Kier alpha value is -1.80. The first-order valence-electron chi connectivity index (χ1n) is 6.09. The van der Waals surface area contributed by atoms with Crippen LogP contribution in [0, 0.1) is 16.7 Å². The van der Waals surface area contributed by atoms with E-state index in [0.29, 0.717) is 25.4 Å². The first kappa shape index (κ1) is 11.3. The summed E-state index contributed by atoms with van der Waals surface area (Å²) >= 11 is 0. The third kappa shape index (κ3) is 1.39. The minimum Gasteiger partial charge on any atom is -0.499 e. The summed E-state index contributed by atoms with van der Waals surface area (Å²) < 4.78 is 10.8. The second-order valence-electron chi connectivity index (χ2n) is 4.72. The van der Waals surface area contributed by atoms with E-state index in [-0.39, 0.29) is 0 Å². The molecule has 1 saturated heterocycles. The molecule has 0 amide bonds. The first-order valence-corrected chi connectivity index (χ1v) is 6.09. The van der Waals surface area contributed by atoms with Crippen molar-refractivity contribution in [3.05, 3.63) is 23.6 Å². The van der Waals surface area contributed by atoms with E-state index in [1.54, 1.807) is 12.5 Å². The van der Waals surface area contributed by atoms with Crippen molar-refractivity contribution in [3.8, 4) is 6.07 Å². The largest absolute Gasteiger partial charge is 0.499 e. The second kappa shape index (κ2) is 4.14. The van der Waals surface area contributed by atoms with Crippen LogP contribution in [0.3, 0.4) is 0 Å². The third-order valence-corrected chi connectivity index (χ3v) is 3.82. The molecule has 1 spiro atoms. The third-order valence-electron chi connectivity index (χ3n) is 3.82. The lowest BCUT2D eigenvalue weighted by Crippen LogP contribution is -2.49. The molecular formula is C13H15N3O2. The van der Waals surface area contributed by atoms with Crippen molar-refractivity contribution in [1.29, 1.82) is 5.26 Å². The molecule has 0 aromatic carbocycles. The summed E-state index contributed by atoms with van der Waals surface area (Å²) in [5.74, 6) is 0.939. The fourth-order valence-electron chi connectivity index (χ4n) is 2.75. The van der Waals surface area contributed by atoms with Gasteiger partial charge in [0.15, 0.2) is 0 Å². The summed E-state index contributed by atoms with van der Waals surface area (Å²) in [6.07, 6.45) is 3.42. The zero-order valence-electron chi connectivity index (χ0n) is 10.3. The quantitative estimate of drug-likeness (QED) is 0.640. The average Bonchev–Trinajstić information content (AvgIpc) is 2.97. The predicted molar refractivity (Wildman–Crippen MR) is 65.7 cm³/mol. The lowest BCUT2D eigenvalue weighted by molar-refractivity contribution is 0.0643. The molecule has 18 heavy (non-hydrogen) atoms. The van der Waals surface area contributed by atoms with Crippen LogP contribution in [0.1, 0.15) is 6.92 Å². The SMILES string of the molecule is CC1=COCC12C(C#N)=CN=C2N1CCOCC1. The standard InChI is InChI=1S/C13H15N3O2/c1-10-8-18-9-13(10)11(6-14)7-15-12(13)16-2-4-17-5-3-16/h7-8H,2-5,9H2,1H3. The summed E-state index contributed by atoms with van der Waals surface area (Å²) in [5, 5.41) is 9.31. The highest BCUT2D eigenvalue weighted by Gasteiger charge is 2.50. The van der Waals surface area contributed by atoms with Gasteiger partial charge >= 0.3 is 0 Å². The maximum absolute atomic E-state index is 9.31. The van der Waals surface area contributed by atoms with E-state index in [2.05, 4.69) is 16.0 Å². The van der Waals surface area contributed by atoms with E-state index < -0.39 is 5.41 Å². The zero-order chi connectivity index (χ0) is 12.6. The van der Waals surface area contributed by atoms with Gasteiger partial charge in [-0.3, -0.25) is 0 Å². The molecule has 94 valence electrons. The van der Waals surface area contributed by atoms with Gasteiger partial charge in [-0.15, -0.1) is 0 Å². The van der Waals surface area contributed by atoms with Crippen LogP contribution in [-0.4, -0.2) is 43.6 Å². The van der Waals surface area contributed by atoms with E-state index in [4.69, 9.17) is 9.47 Å². The molecule has 0 aromatic heterocycles. The summed E-state index contributed by atoms with van der Waals surface area (Å²) in [6, 6.07) is 2.26. The summed E-state index contributed by atoms with van der Waals surface area (Å²) in [5.41, 5.74) is 1.28. The van der Waals surface area contributed by atoms with Crippen LogP contribution >= 0.6 is 0 Å². The van der Waals surface area contributed by atoms with Crippen molar-refractivity contribution in [3.63, 3.8) is 0 Å². The Kier molecular flexibility index (Phi) is 2.60. The monoisotopic (exact) mass is 245 g/mol. The Balaban J connectivity index is 1.97. The van der Waals surface area contributed by atoms with Crippen molar-refractivity contribution in [2.45, 2.75) is 6.92 Å². The smallest absolute Gasteiger partial charge is 0.124 e. The van der Waals surface area contributed by atoms with Gasteiger partial charge in [0, 0.05) is 19.3 Å². The molecule has 3 aliphatic heterocycles. The molecule has 0 bridgehead atoms. The highest BCUT2D eigenvalue weighted by atomic mass is 16.5. The molecule has 0 radical (unpaired) electrons. The van der Waals surface area contributed by atoms with Gasteiger partial charge in [0.25, 0.3) is 0 Å². The molecule has 5 nitrogen and oxygen atoms in total. The van der Waals surface area contributed by atoms with Crippen molar-refractivity contribution < 1.29 is 9.47 Å². The minimum atomic E-state index is -0.452. The number of aliphatic imine (C=N–C) groups is 1. The van der Waals surface area contributed by atoms with E-state index in [1.807, 2.05) is 6.92 Å². The Bertz CT molecular complexity index is 495. The molecule has 1 atom stereocenters. The predicted octanol–water partition coefficient (Wildman–Crippen LogP) is 1.06. The van der Waals surface area contributed by atoms with E-state index in [9.17, 15) is 5.26 Å². The van der Waals surface area contributed by atoms with E-state index in [0.717, 1.165) is 24.5 Å². The number of morpholine rings is 1. The Labute approximate surface area is 106 Å². The number of hydrogen-bond donors (Lipinski definition) is 0. The molecule has 1 fully saturated rings. The number of amidine groups is 1. The molecule has 3 rings (SSSR count). The molecule has 0 saturated carbocycles. The van der Waals surface area contributed by atoms with Gasteiger partial charge < -0.3 is 14.4 Å². The summed E-state index contributed by atoms with van der Waals surface area (Å²) in [6.45, 7) is 5.54. The van der Waals surface area contributed by atoms with Crippen LogP contribution in [0.25, 0.3) is 0 Å². The molecule has 3 heterocycles. The normalized spacial score (nSPS) is 30.7. The molecule has 0 aromatic rings. The Morgan fingerprint density at radius 2 is 2.22 bits per heavy atom. The first-order chi connectivity index (χ1) is 8.79. The fraction of sp³-hybridized carbons (Fsp3) is 0.538. The molecule has 5 heteroatoms. The number of nitrogens with zero attached hydrogens (tertiary/aromatic N) is 3. The van der Waals surface area contributed by atoms with Gasteiger partial charge in [0.1, 0.15) is 17.9 Å². The lowest BCUT2D eigenvalue weighted by Gasteiger charge is -2.36. The maximum Gasteiger partial charge on any atom is 0.124 e. The van der Waals surface area contributed by atoms with Crippen molar-refractivity contribution >= 4 is 5.84 Å². The van der Waals surface area contributed by atoms with E-state index in [1.165, 1.54) is 0 Å². The number of nitriles is 1. The second-order valence-corrected chi connectivity index (χ2v) is 4.72. The van der Waals surface area contributed by atoms with Crippen molar-refractivity contribution in [2.75, 3.05) is 32.9 Å². The molecular weight excluding hydrogens is 230 g/mol. The topological polar surface area (TPSA) is 57.8 Å². The van der Waals surface area contributed by atoms with Gasteiger partial charge in [0.05, 0.1) is 31.1 Å². The van der Waals surface area contributed by atoms with Gasteiger partial charge in [-0.2, -0.15) is 5.26 Å². The minimum absolute atomic E-state index is 0.452. The molecule has 1 unspecified atom stereocenters. The van der Waals surface area contributed by atoms with Crippen LogP contribution in [-0.2, 0) is 9.47 Å². The molecule has 0 aliphatic carbocycles. The highest BCUT2D eigenvalue weighted by molar-refractivity contribution is 5.98. The number of hydrogen-bond acceptors (Lipinski definition) is 5. The van der Waals surface area contributed by atoms with Gasteiger partial charge in [-0.05, 0) is 12.5 Å². The van der Waals surface area contributed by atoms with Crippen LogP contribution in [0.15, 0.2) is 28.6 Å². The van der Waals surface area contributed by atoms with Crippen LogP contribution in [0.2, 0.25) is 0 Å². The van der Waals surface area contributed by atoms with Gasteiger partial charge in [0.2, 0.25) is 0 Å². The van der Waals surface area contributed by atoms with Crippen molar-refractivity contribution in [1.82, 2.24) is 4.90 Å². The molecule has 0 N–H and O–H groups in total. The van der Waals surface area contributed by atoms with Crippen LogP contribution < -0.4 is 0 Å². The zero-order valence-corrected chi connectivity index (χ0v) is 10.3. The van der Waals surface area contributed by atoms with Gasteiger partial charge in [-0.1, -0.05) is 0 Å². The number of ether oxygens (including phenoxy) is 2. The van der Waals surface area contributed by atoms with Crippen molar-refractivity contribution in [2.24, 2.45) is 10.4 Å². The van der Waals surface area contributed by atoms with Crippen LogP contribution in [0.5, 0.6) is 0 Å². The Morgan fingerprint density at radius 3 is 2.83 bits per heavy atom.